The molecule has 0 radical (unpaired) electrons. The molecule has 0 N–H and O–H groups in total. The van der Waals surface area contributed by atoms with E-state index in [-0.39, 0.29) is 0 Å². The summed E-state index contributed by atoms with van der Waals surface area (Å²) in [6.45, 7) is 0. The molecule has 0 aromatic rings. The van der Waals surface area contributed by atoms with Crippen LogP contribution in [0.1, 0.15) is 44.9 Å². The van der Waals surface area contributed by atoms with Crippen molar-refractivity contribution in [2.24, 2.45) is 5.41 Å². The summed E-state index contributed by atoms with van der Waals surface area (Å²) in [7, 11) is 0. The molecule has 0 aromatic carbocycles. The molecule has 1 unspecified atom stereocenters. The molecule has 1 atom stereocenters. The van der Waals surface area contributed by atoms with Crippen molar-refractivity contribution in [3.63, 3.8) is 0 Å². The predicted octanol–water partition coefficient (Wildman–Crippen LogP) is 2.86. The molecular weight excluding hydrogens is 148 g/mol. The van der Waals surface area contributed by atoms with E-state index in [2.05, 4.69) is 6.08 Å². The van der Waals surface area contributed by atoms with Gasteiger partial charge in [-0.2, -0.15) is 0 Å². The Labute approximate surface area is 73.8 Å². The second-order valence-electron chi connectivity index (χ2n) is 4.13. The first-order chi connectivity index (χ1) is 5.87. The van der Waals surface area contributed by atoms with Crippen LogP contribution in [-0.4, -0.2) is 6.29 Å². The van der Waals surface area contributed by atoms with E-state index in [1.165, 1.54) is 38.5 Å². The van der Waals surface area contributed by atoms with Gasteiger partial charge in [0.25, 0.3) is 0 Å². The third-order valence-electron chi connectivity index (χ3n) is 3.52. The van der Waals surface area contributed by atoms with E-state index < -0.39 is 0 Å². The lowest BCUT2D eigenvalue weighted by atomic mass is 9.69. The van der Waals surface area contributed by atoms with Gasteiger partial charge in [0.05, 0.1) is 0 Å². The summed E-state index contributed by atoms with van der Waals surface area (Å²) in [6, 6.07) is 0. The molecule has 0 heterocycles. The van der Waals surface area contributed by atoms with Gasteiger partial charge in [-0.25, -0.2) is 0 Å². The largest absolute Gasteiger partial charge is 0.303 e. The van der Waals surface area contributed by atoms with E-state index >= 15 is 0 Å². The van der Waals surface area contributed by atoms with Crippen LogP contribution in [0.15, 0.2) is 11.6 Å². The lowest BCUT2D eigenvalue weighted by Gasteiger charge is -2.35. The Morgan fingerprint density at radius 2 is 2.33 bits per heavy atom. The van der Waals surface area contributed by atoms with E-state index in [1.54, 1.807) is 5.57 Å². The topological polar surface area (TPSA) is 17.1 Å². The molecule has 12 heavy (non-hydrogen) atoms. The summed E-state index contributed by atoms with van der Waals surface area (Å²) in [5.74, 6) is 0. The van der Waals surface area contributed by atoms with Crippen molar-refractivity contribution < 1.29 is 4.79 Å². The normalized spacial score (nSPS) is 34.2. The Balaban J connectivity index is 2.19. The summed E-state index contributed by atoms with van der Waals surface area (Å²) < 4.78 is 0. The van der Waals surface area contributed by atoms with Crippen molar-refractivity contribution in [3.8, 4) is 0 Å². The molecule has 2 aliphatic rings. The van der Waals surface area contributed by atoms with Gasteiger partial charge in [0.2, 0.25) is 0 Å². The van der Waals surface area contributed by atoms with Crippen LogP contribution in [-0.2, 0) is 4.79 Å². The number of hydrogen-bond donors (Lipinski definition) is 0. The van der Waals surface area contributed by atoms with Gasteiger partial charge in [-0.05, 0) is 37.5 Å². The molecule has 66 valence electrons. The van der Waals surface area contributed by atoms with E-state index in [0.717, 1.165) is 12.7 Å². The van der Waals surface area contributed by atoms with Gasteiger partial charge in [-0.1, -0.05) is 18.1 Å². The highest BCUT2D eigenvalue weighted by Gasteiger charge is 2.37. The molecule has 0 aliphatic heterocycles. The minimum Gasteiger partial charge on any atom is -0.303 e. The van der Waals surface area contributed by atoms with Gasteiger partial charge < -0.3 is 4.79 Å². The number of carbonyl (C=O) groups excluding carboxylic acids is 1. The Kier molecular flexibility index (Phi) is 2.03. The third kappa shape index (κ3) is 1.12. The van der Waals surface area contributed by atoms with Crippen LogP contribution >= 0.6 is 0 Å². The predicted molar refractivity (Wildman–Crippen MR) is 48.9 cm³/mol. The smallest absolute Gasteiger partial charge is 0.120 e. The fourth-order valence-electron chi connectivity index (χ4n) is 2.83. The SMILES string of the molecule is O=CCC12CCC=C1CCCC2. The number of allylic oxidation sites excluding steroid dienone is 2. The van der Waals surface area contributed by atoms with E-state index in [1.807, 2.05) is 0 Å². The number of fused-ring (bicyclic) bond motifs is 1. The van der Waals surface area contributed by atoms with Crippen molar-refractivity contribution >= 4 is 6.29 Å². The number of carbonyl (C=O) groups is 1. The Bertz CT molecular complexity index is 217. The maximum absolute atomic E-state index is 10.6. The van der Waals surface area contributed by atoms with Crippen LogP contribution in [0.25, 0.3) is 0 Å². The Hall–Kier alpha value is -0.590. The highest BCUT2D eigenvalue weighted by molar-refractivity contribution is 5.53. The second kappa shape index (κ2) is 3.04. The molecule has 2 aliphatic carbocycles. The second-order valence-corrected chi connectivity index (χ2v) is 4.13. The summed E-state index contributed by atoms with van der Waals surface area (Å²) in [5, 5.41) is 0. The van der Waals surface area contributed by atoms with E-state index in [9.17, 15) is 4.79 Å². The first-order valence-corrected chi connectivity index (χ1v) is 5.01. The van der Waals surface area contributed by atoms with Crippen molar-refractivity contribution in [1.82, 2.24) is 0 Å². The fraction of sp³-hybridized carbons (Fsp3) is 0.727. The molecule has 1 saturated carbocycles. The summed E-state index contributed by atoms with van der Waals surface area (Å²) >= 11 is 0. The first kappa shape index (κ1) is 8.03. The van der Waals surface area contributed by atoms with Crippen LogP contribution in [0.4, 0.5) is 0 Å². The van der Waals surface area contributed by atoms with Crippen LogP contribution in [0.5, 0.6) is 0 Å². The molecule has 1 fully saturated rings. The van der Waals surface area contributed by atoms with Gasteiger partial charge in [-0.15, -0.1) is 0 Å². The summed E-state index contributed by atoms with van der Waals surface area (Å²) in [5.41, 5.74) is 1.93. The molecule has 0 bridgehead atoms. The van der Waals surface area contributed by atoms with Gasteiger partial charge in [0, 0.05) is 6.42 Å². The van der Waals surface area contributed by atoms with Gasteiger partial charge in [-0.3, -0.25) is 0 Å². The van der Waals surface area contributed by atoms with Gasteiger partial charge in [0.1, 0.15) is 6.29 Å². The fourth-order valence-corrected chi connectivity index (χ4v) is 2.83. The Morgan fingerprint density at radius 3 is 3.17 bits per heavy atom. The van der Waals surface area contributed by atoms with E-state index in [0.29, 0.717) is 5.41 Å². The van der Waals surface area contributed by atoms with Crippen molar-refractivity contribution in [1.29, 1.82) is 0 Å². The third-order valence-corrected chi connectivity index (χ3v) is 3.52. The highest BCUT2D eigenvalue weighted by Crippen LogP contribution is 2.50. The molecule has 2 rings (SSSR count). The van der Waals surface area contributed by atoms with Crippen molar-refractivity contribution in [2.45, 2.75) is 44.9 Å². The van der Waals surface area contributed by atoms with Crippen LogP contribution in [0, 0.1) is 5.41 Å². The number of rotatable bonds is 2. The molecule has 1 nitrogen and oxygen atoms in total. The molecule has 0 aromatic heterocycles. The monoisotopic (exact) mass is 164 g/mol. The molecule has 0 amide bonds. The van der Waals surface area contributed by atoms with Crippen molar-refractivity contribution in [2.75, 3.05) is 0 Å². The van der Waals surface area contributed by atoms with Gasteiger partial charge in [0.15, 0.2) is 0 Å². The van der Waals surface area contributed by atoms with Crippen LogP contribution in [0.3, 0.4) is 0 Å². The zero-order chi connectivity index (χ0) is 8.44. The maximum atomic E-state index is 10.6. The molecule has 0 spiro atoms. The first-order valence-electron chi connectivity index (χ1n) is 5.01. The molecule has 1 heteroatoms. The standard InChI is InChI=1S/C11H16O/c12-9-8-11-6-2-1-4-10(11)5-3-7-11/h5,9H,1-4,6-8H2. The summed E-state index contributed by atoms with van der Waals surface area (Å²) in [6.07, 6.45) is 11.9. The van der Waals surface area contributed by atoms with E-state index in [4.69, 9.17) is 0 Å². The maximum Gasteiger partial charge on any atom is 0.120 e. The average Bonchev–Trinajstić information content (AvgIpc) is 2.48. The zero-order valence-corrected chi connectivity index (χ0v) is 7.51. The quantitative estimate of drug-likeness (QED) is 0.453. The lowest BCUT2D eigenvalue weighted by molar-refractivity contribution is -0.109. The number of hydrogen-bond acceptors (Lipinski definition) is 1. The Morgan fingerprint density at radius 1 is 1.42 bits per heavy atom. The minimum absolute atomic E-state index is 0.333. The van der Waals surface area contributed by atoms with Gasteiger partial charge >= 0.3 is 0 Å². The average molecular weight is 164 g/mol. The van der Waals surface area contributed by atoms with Crippen LogP contribution < -0.4 is 0 Å². The van der Waals surface area contributed by atoms with Crippen molar-refractivity contribution in [3.05, 3.63) is 11.6 Å². The molecule has 0 saturated heterocycles. The number of aldehydes is 1. The summed E-state index contributed by atoms with van der Waals surface area (Å²) in [4.78, 5) is 10.6. The highest BCUT2D eigenvalue weighted by atomic mass is 16.1. The minimum atomic E-state index is 0.333. The lowest BCUT2D eigenvalue weighted by Crippen LogP contribution is -2.24. The zero-order valence-electron chi connectivity index (χ0n) is 7.51. The van der Waals surface area contributed by atoms with Crippen LogP contribution in [0.2, 0.25) is 0 Å². The molecular formula is C11H16O.